The summed E-state index contributed by atoms with van der Waals surface area (Å²) in [6.45, 7) is 7.51. The Hall–Kier alpha value is -1.63. The van der Waals surface area contributed by atoms with E-state index in [2.05, 4.69) is 10.2 Å². The van der Waals surface area contributed by atoms with Crippen LogP contribution in [0.2, 0.25) is 0 Å². The second kappa shape index (κ2) is 7.94. The minimum absolute atomic E-state index is 0.00753. The van der Waals surface area contributed by atoms with Crippen LogP contribution >= 0.6 is 0 Å². The summed E-state index contributed by atoms with van der Waals surface area (Å²) in [6.07, 6.45) is 3.35. The van der Waals surface area contributed by atoms with Crippen LogP contribution in [0.5, 0.6) is 5.75 Å². The number of nitrogens with zero attached hydrogens (tertiary/aromatic N) is 1. The predicted molar refractivity (Wildman–Crippen MR) is 101 cm³/mol. The number of piperidine rings is 1. The average molecular weight is 361 g/mol. The lowest BCUT2D eigenvalue weighted by Crippen LogP contribution is -2.51. The normalized spacial score (nSPS) is 25.2. The van der Waals surface area contributed by atoms with Gasteiger partial charge in [-0.3, -0.25) is 4.79 Å². The number of amides is 1. The van der Waals surface area contributed by atoms with E-state index in [4.69, 9.17) is 10.5 Å². The number of nitrogens with two attached hydrogens (primary N) is 1. The molecule has 0 bridgehead atoms. The summed E-state index contributed by atoms with van der Waals surface area (Å²) in [7, 11) is 0. The smallest absolute Gasteiger partial charge is 0.224 e. The van der Waals surface area contributed by atoms with Crippen molar-refractivity contribution in [3.05, 3.63) is 29.3 Å². The molecule has 0 spiro atoms. The summed E-state index contributed by atoms with van der Waals surface area (Å²) >= 11 is 0. The van der Waals surface area contributed by atoms with E-state index in [9.17, 15) is 9.90 Å². The summed E-state index contributed by atoms with van der Waals surface area (Å²) < 4.78 is 5.86. The van der Waals surface area contributed by atoms with Gasteiger partial charge in [0.05, 0.1) is 12.5 Å². The van der Waals surface area contributed by atoms with Crippen LogP contribution in [0.3, 0.4) is 0 Å². The Morgan fingerprint density at radius 3 is 2.81 bits per heavy atom. The third kappa shape index (κ3) is 4.37. The number of likely N-dealkylation sites (tertiary alicyclic amines) is 1. The molecule has 1 aromatic rings. The Labute approximate surface area is 155 Å². The number of hydrogen-bond donors (Lipinski definition) is 3. The Morgan fingerprint density at radius 2 is 2.08 bits per heavy atom. The van der Waals surface area contributed by atoms with Crippen molar-refractivity contribution in [3.8, 4) is 5.75 Å². The van der Waals surface area contributed by atoms with E-state index in [-0.39, 0.29) is 5.91 Å². The van der Waals surface area contributed by atoms with Gasteiger partial charge in [0.15, 0.2) is 0 Å². The molecule has 144 valence electrons. The maximum atomic E-state index is 12.2. The Morgan fingerprint density at radius 1 is 1.35 bits per heavy atom. The molecule has 1 saturated heterocycles. The monoisotopic (exact) mass is 361 g/mol. The lowest BCUT2D eigenvalue weighted by atomic mass is 9.86. The zero-order valence-corrected chi connectivity index (χ0v) is 15.8. The van der Waals surface area contributed by atoms with E-state index in [0.29, 0.717) is 18.7 Å². The van der Waals surface area contributed by atoms with E-state index < -0.39 is 17.7 Å². The van der Waals surface area contributed by atoms with Gasteiger partial charge < -0.3 is 25.8 Å². The van der Waals surface area contributed by atoms with E-state index in [0.717, 1.165) is 30.8 Å². The van der Waals surface area contributed by atoms with E-state index >= 15 is 0 Å². The molecule has 6 nitrogen and oxygen atoms in total. The lowest BCUT2D eigenvalue weighted by Gasteiger charge is -2.40. The second-order valence-electron chi connectivity index (χ2n) is 7.98. The van der Waals surface area contributed by atoms with E-state index in [1.807, 2.05) is 32.0 Å². The van der Waals surface area contributed by atoms with Crippen LogP contribution in [-0.2, 0) is 11.2 Å². The highest BCUT2D eigenvalue weighted by Gasteiger charge is 2.41. The number of carbonyl (C=O) groups excluding carboxylic acids is 1. The number of fused-ring (bicyclic) bond motifs is 1. The molecule has 4 N–H and O–H groups in total. The SMILES string of the molecule is CC1(C)Oc2ccc(CC(=O)NCCN3CCCCC3)cc2C(N)C1O. The number of ether oxygens (including phenoxy) is 1. The molecule has 2 aliphatic rings. The zero-order chi connectivity index (χ0) is 18.7. The van der Waals surface area contributed by atoms with Crippen molar-refractivity contribution in [1.82, 2.24) is 10.2 Å². The van der Waals surface area contributed by atoms with E-state index in [1.165, 1.54) is 19.3 Å². The van der Waals surface area contributed by atoms with Gasteiger partial charge in [0.2, 0.25) is 5.91 Å². The summed E-state index contributed by atoms with van der Waals surface area (Å²) in [5.41, 5.74) is 7.11. The maximum Gasteiger partial charge on any atom is 0.224 e. The molecule has 2 aliphatic heterocycles. The fourth-order valence-electron chi connectivity index (χ4n) is 3.79. The van der Waals surface area contributed by atoms with Crippen LogP contribution in [0.25, 0.3) is 0 Å². The van der Waals surface area contributed by atoms with Crippen molar-refractivity contribution in [1.29, 1.82) is 0 Å². The van der Waals surface area contributed by atoms with Crippen molar-refractivity contribution in [2.75, 3.05) is 26.2 Å². The van der Waals surface area contributed by atoms with Crippen molar-refractivity contribution >= 4 is 5.91 Å². The minimum Gasteiger partial charge on any atom is -0.485 e. The molecule has 6 heteroatoms. The van der Waals surface area contributed by atoms with Crippen molar-refractivity contribution in [2.45, 2.75) is 57.3 Å². The molecule has 0 radical (unpaired) electrons. The van der Waals surface area contributed by atoms with Gasteiger partial charge >= 0.3 is 0 Å². The number of aliphatic hydroxyl groups excluding tert-OH is 1. The predicted octanol–water partition coefficient (Wildman–Crippen LogP) is 1.36. The molecule has 0 saturated carbocycles. The van der Waals surface area contributed by atoms with Gasteiger partial charge in [0.25, 0.3) is 0 Å². The molecule has 2 heterocycles. The van der Waals surface area contributed by atoms with Crippen molar-refractivity contribution in [2.24, 2.45) is 5.73 Å². The third-order valence-electron chi connectivity index (χ3n) is 5.42. The third-order valence-corrected chi connectivity index (χ3v) is 5.42. The highest BCUT2D eigenvalue weighted by molar-refractivity contribution is 5.78. The first-order valence-corrected chi connectivity index (χ1v) is 9.61. The lowest BCUT2D eigenvalue weighted by molar-refractivity contribution is -0.120. The first kappa shape index (κ1) is 19.1. The van der Waals surface area contributed by atoms with Crippen molar-refractivity contribution < 1.29 is 14.6 Å². The molecule has 0 aliphatic carbocycles. The molecule has 2 unspecified atom stereocenters. The van der Waals surface area contributed by atoms with Crippen LogP contribution < -0.4 is 15.8 Å². The fraction of sp³-hybridized carbons (Fsp3) is 0.650. The van der Waals surface area contributed by atoms with Gasteiger partial charge in [-0.15, -0.1) is 0 Å². The van der Waals surface area contributed by atoms with Crippen molar-refractivity contribution in [3.63, 3.8) is 0 Å². The van der Waals surface area contributed by atoms with Gasteiger partial charge in [-0.25, -0.2) is 0 Å². The summed E-state index contributed by atoms with van der Waals surface area (Å²) in [5.74, 6) is 0.690. The fourth-order valence-corrected chi connectivity index (χ4v) is 3.79. The molecule has 0 aromatic heterocycles. The quantitative estimate of drug-likeness (QED) is 0.737. The number of hydrogen-bond acceptors (Lipinski definition) is 5. The molecule has 1 fully saturated rings. The van der Waals surface area contributed by atoms with Crippen LogP contribution in [-0.4, -0.2) is 53.8 Å². The van der Waals surface area contributed by atoms with Gasteiger partial charge in [-0.1, -0.05) is 12.5 Å². The number of benzene rings is 1. The topological polar surface area (TPSA) is 87.8 Å². The summed E-state index contributed by atoms with van der Waals surface area (Å²) in [5, 5.41) is 13.3. The maximum absolute atomic E-state index is 12.2. The second-order valence-corrected chi connectivity index (χ2v) is 7.98. The molecule has 1 amide bonds. The Balaban J connectivity index is 1.54. The van der Waals surface area contributed by atoms with Crippen LogP contribution in [0.4, 0.5) is 0 Å². The van der Waals surface area contributed by atoms with Gasteiger partial charge in [-0.2, -0.15) is 0 Å². The van der Waals surface area contributed by atoms with Gasteiger partial charge in [0, 0.05) is 18.7 Å². The first-order chi connectivity index (χ1) is 12.4. The summed E-state index contributed by atoms with van der Waals surface area (Å²) in [4.78, 5) is 14.6. The highest BCUT2D eigenvalue weighted by Crippen LogP contribution is 2.38. The summed E-state index contributed by atoms with van der Waals surface area (Å²) in [6, 6.07) is 5.10. The Bertz CT molecular complexity index is 641. The van der Waals surface area contributed by atoms with Crippen LogP contribution in [0, 0.1) is 0 Å². The molecule has 3 rings (SSSR count). The number of aliphatic hydroxyl groups is 1. The van der Waals surface area contributed by atoms with Gasteiger partial charge in [-0.05, 0) is 57.5 Å². The standard InChI is InChI=1S/C20H31N3O3/c1-20(2)19(25)18(21)15-12-14(6-7-16(15)26-20)13-17(24)22-8-11-23-9-4-3-5-10-23/h6-7,12,18-19,25H,3-5,8-11,13,21H2,1-2H3,(H,22,24). The van der Waals surface area contributed by atoms with E-state index in [1.54, 1.807) is 0 Å². The highest BCUT2D eigenvalue weighted by atomic mass is 16.5. The molecular formula is C20H31N3O3. The van der Waals surface area contributed by atoms with Crippen LogP contribution in [0.15, 0.2) is 18.2 Å². The Kier molecular flexibility index (Phi) is 5.85. The van der Waals surface area contributed by atoms with Gasteiger partial charge in [0.1, 0.15) is 17.5 Å². The molecular weight excluding hydrogens is 330 g/mol. The van der Waals surface area contributed by atoms with Crippen LogP contribution in [0.1, 0.15) is 50.3 Å². The average Bonchev–Trinajstić information content (AvgIpc) is 2.61. The number of nitrogens with one attached hydrogen (secondary N) is 1. The number of carbonyl (C=O) groups is 1. The first-order valence-electron chi connectivity index (χ1n) is 9.61. The molecule has 1 aromatic carbocycles. The number of rotatable bonds is 5. The molecule has 26 heavy (non-hydrogen) atoms. The largest absolute Gasteiger partial charge is 0.485 e. The zero-order valence-electron chi connectivity index (χ0n) is 15.8. The minimum atomic E-state index is -0.788. The molecule has 2 atom stereocenters.